The van der Waals surface area contributed by atoms with Crippen molar-refractivity contribution in [2.45, 2.75) is 32.9 Å². The van der Waals surface area contributed by atoms with E-state index in [2.05, 4.69) is 0 Å². The zero-order chi connectivity index (χ0) is 11.6. The number of benzene rings is 1. The highest BCUT2D eigenvalue weighted by Crippen LogP contribution is 2.28. The van der Waals surface area contributed by atoms with Gasteiger partial charge in [-0.15, -0.1) is 0 Å². The Hall–Kier alpha value is -1.06. The minimum Gasteiger partial charge on any atom is -0.508 e. The van der Waals surface area contributed by atoms with Gasteiger partial charge in [-0.25, -0.2) is 0 Å². The largest absolute Gasteiger partial charge is 0.508 e. The Kier molecular flexibility index (Phi) is 3.37. The molecular weight excluding hydrogens is 190 g/mol. The van der Waals surface area contributed by atoms with E-state index in [0.717, 1.165) is 5.56 Å². The Morgan fingerprint density at radius 1 is 1.13 bits per heavy atom. The van der Waals surface area contributed by atoms with Crippen molar-refractivity contribution in [3.8, 4) is 5.75 Å². The molecule has 1 rings (SSSR count). The molecule has 0 unspecified atom stereocenters. The number of nitrogens with two attached hydrogens (primary N) is 1. The predicted octanol–water partition coefficient (Wildman–Crippen LogP) is 1.80. The first-order valence-electron chi connectivity index (χ1n) is 5.05. The summed E-state index contributed by atoms with van der Waals surface area (Å²) < 4.78 is 0. The van der Waals surface area contributed by atoms with Gasteiger partial charge < -0.3 is 15.9 Å². The molecule has 3 heteroatoms. The van der Waals surface area contributed by atoms with Crippen LogP contribution in [0.5, 0.6) is 5.75 Å². The quantitative estimate of drug-likeness (QED) is 0.695. The third-order valence-corrected chi connectivity index (χ3v) is 2.51. The fourth-order valence-electron chi connectivity index (χ4n) is 1.42. The van der Waals surface area contributed by atoms with Crippen molar-refractivity contribution in [2.24, 2.45) is 11.1 Å². The van der Waals surface area contributed by atoms with E-state index in [0.29, 0.717) is 0 Å². The molecule has 1 aromatic rings. The summed E-state index contributed by atoms with van der Waals surface area (Å²) in [6, 6.07) is 6.18. The highest BCUT2D eigenvalue weighted by Gasteiger charge is 2.28. The maximum Gasteiger partial charge on any atom is 0.115 e. The summed E-state index contributed by atoms with van der Waals surface area (Å²) in [4.78, 5) is 0. The monoisotopic (exact) mass is 209 g/mol. The average Bonchev–Trinajstić information content (AvgIpc) is 2.15. The summed E-state index contributed by atoms with van der Waals surface area (Å²) >= 11 is 0. The first-order valence-corrected chi connectivity index (χ1v) is 5.05. The first kappa shape index (κ1) is 12.0. The number of phenolic OH excluding ortho intramolecular Hbond substituents is 1. The van der Waals surface area contributed by atoms with Crippen LogP contribution in [0.25, 0.3) is 0 Å². The van der Waals surface area contributed by atoms with E-state index in [4.69, 9.17) is 10.8 Å². The topological polar surface area (TPSA) is 66.5 Å². The first-order chi connectivity index (χ1) is 6.82. The molecule has 15 heavy (non-hydrogen) atoms. The number of hydrogen-bond donors (Lipinski definition) is 3. The second-order valence-corrected chi connectivity index (χ2v) is 4.93. The molecule has 4 N–H and O–H groups in total. The Morgan fingerprint density at radius 3 is 2.00 bits per heavy atom. The third kappa shape index (κ3) is 2.94. The number of hydrogen-bond acceptors (Lipinski definition) is 3. The van der Waals surface area contributed by atoms with Crippen LogP contribution in [0.2, 0.25) is 0 Å². The van der Waals surface area contributed by atoms with E-state index in [1.807, 2.05) is 20.8 Å². The molecule has 0 radical (unpaired) electrons. The molecule has 0 aliphatic rings. The Balaban J connectivity index is 2.85. The van der Waals surface area contributed by atoms with Crippen molar-refractivity contribution in [1.82, 2.24) is 0 Å². The van der Waals surface area contributed by atoms with E-state index < -0.39 is 12.1 Å². The van der Waals surface area contributed by atoms with Crippen molar-refractivity contribution in [3.05, 3.63) is 29.8 Å². The van der Waals surface area contributed by atoms with Gasteiger partial charge in [0.25, 0.3) is 0 Å². The molecule has 3 nitrogen and oxygen atoms in total. The number of rotatable bonds is 2. The van der Waals surface area contributed by atoms with Crippen LogP contribution in [-0.4, -0.2) is 16.3 Å². The van der Waals surface area contributed by atoms with Gasteiger partial charge in [0, 0.05) is 0 Å². The van der Waals surface area contributed by atoms with Crippen molar-refractivity contribution < 1.29 is 10.2 Å². The van der Waals surface area contributed by atoms with Gasteiger partial charge in [-0.2, -0.15) is 0 Å². The van der Waals surface area contributed by atoms with Crippen LogP contribution >= 0.6 is 0 Å². The van der Waals surface area contributed by atoms with Gasteiger partial charge in [0.05, 0.1) is 12.1 Å². The summed E-state index contributed by atoms with van der Waals surface area (Å²) in [5.74, 6) is 0.205. The van der Waals surface area contributed by atoms with Crippen molar-refractivity contribution >= 4 is 0 Å². The molecule has 0 amide bonds. The lowest BCUT2D eigenvalue weighted by molar-refractivity contribution is 0.0401. The molecular formula is C12H19NO2. The molecule has 0 saturated heterocycles. The van der Waals surface area contributed by atoms with Gasteiger partial charge in [0.1, 0.15) is 5.75 Å². The molecule has 0 fully saturated rings. The fraction of sp³-hybridized carbons (Fsp3) is 0.500. The molecule has 0 bridgehead atoms. The van der Waals surface area contributed by atoms with Crippen molar-refractivity contribution in [2.75, 3.05) is 0 Å². The van der Waals surface area contributed by atoms with Crippen LogP contribution in [0.4, 0.5) is 0 Å². The van der Waals surface area contributed by atoms with Crippen LogP contribution in [-0.2, 0) is 0 Å². The highest BCUT2D eigenvalue weighted by molar-refractivity contribution is 5.28. The Morgan fingerprint density at radius 2 is 1.60 bits per heavy atom. The van der Waals surface area contributed by atoms with Gasteiger partial charge in [-0.1, -0.05) is 32.9 Å². The van der Waals surface area contributed by atoms with Gasteiger partial charge in [-0.3, -0.25) is 0 Å². The number of aliphatic hydroxyl groups excluding tert-OH is 1. The van der Waals surface area contributed by atoms with Crippen molar-refractivity contribution in [3.63, 3.8) is 0 Å². The summed E-state index contributed by atoms with van der Waals surface area (Å²) in [5, 5.41) is 19.1. The average molecular weight is 209 g/mol. The lowest BCUT2D eigenvalue weighted by Crippen LogP contribution is -2.36. The Bertz CT molecular complexity index is 313. The Labute approximate surface area is 90.5 Å². The summed E-state index contributed by atoms with van der Waals surface area (Å²) in [6.45, 7) is 5.83. The molecule has 0 aliphatic heterocycles. The number of phenols is 1. The van der Waals surface area contributed by atoms with E-state index >= 15 is 0 Å². The summed E-state index contributed by atoms with van der Waals surface area (Å²) in [6.07, 6.45) is -0.609. The van der Waals surface area contributed by atoms with Gasteiger partial charge in [0.15, 0.2) is 0 Å². The van der Waals surface area contributed by atoms with Crippen LogP contribution in [0.3, 0.4) is 0 Å². The van der Waals surface area contributed by atoms with Crippen LogP contribution in [0.1, 0.15) is 32.4 Å². The second-order valence-electron chi connectivity index (χ2n) is 4.93. The lowest BCUT2D eigenvalue weighted by Gasteiger charge is -2.31. The van der Waals surface area contributed by atoms with Gasteiger partial charge in [0.2, 0.25) is 0 Å². The van der Waals surface area contributed by atoms with E-state index in [1.54, 1.807) is 24.3 Å². The van der Waals surface area contributed by atoms with Crippen LogP contribution in [0.15, 0.2) is 24.3 Å². The van der Waals surface area contributed by atoms with Gasteiger partial charge >= 0.3 is 0 Å². The lowest BCUT2D eigenvalue weighted by atomic mass is 9.82. The zero-order valence-corrected chi connectivity index (χ0v) is 9.44. The maximum atomic E-state index is 9.99. The van der Waals surface area contributed by atoms with Gasteiger partial charge in [-0.05, 0) is 23.1 Å². The predicted molar refractivity (Wildman–Crippen MR) is 60.5 cm³/mol. The van der Waals surface area contributed by atoms with E-state index in [1.165, 1.54) is 0 Å². The minimum absolute atomic E-state index is 0.205. The molecule has 0 aliphatic carbocycles. The van der Waals surface area contributed by atoms with E-state index in [9.17, 15) is 5.11 Å². The standard InChI is InChI=1S/C12H19NO2/c1-12(2,3)11(15)10(13)8-4-6-9(14)7-5-8/h4-7,10-11,14-15H,13H2,1-3H3/t10-,11-/m0/s1. The number of aromatic hydroxyl groups is 1. The molecule has 84 valence electrons. The molecule has 0 heterocycles. The molecule has 0 spiro atoms. The zero-order valence-electron chi connectivity index (χ0n) is 9.44. The second kappa shape index (κ2) is 4.21. The molecule has 2 atom stereocenters. The minimum atomic E-state index is -0.609. The highest BCUT2D eigenvalue weighted by atomic mass is 16.3. The molecule has 1 aromatic carbocycles. The summed E-state index contributed by atoms with van der Waals surface area (Å²) in [7, 11) is 0. The normalized spacial score (nSPS) is 16.1. The maximum absolute atomic E-state index is 9.99. The number of aliphatic hydroxyl groups is 1. The van der Waals surface area contributed by atoms with E-state index in [-0.39, 0.29) is 11.2 Å². The SMILES string of the molecule is CC(C)(C)[C@@H](O)[C@@H](N)c1ccc(O)cc1. The fourth-order valence-corrected chi connectivity index (χ4v) is 1.42. The van der Waals surface area contributed by atoms with Crippen molar-refractivity contribution in [1.29, 1.82) is 0 Å². The smallest absolute Gasteiger partial charge is 0.115 e. The third-order valence-electron chi connectivity index (χ3n) is 2.51. The molecule has 0 saturated carbocycles. The molecule has 0 aromatic heterocycles. The van der Waals surface area contributed by atoms with Crippen LogP contribution in [0, 0.1) is 5.41 Å². The summed E-state index contributed by atoms with van der Waals surface area (Å²) in [5.41, 5.74) is 6.52. The van der Waals surface area contributed by atoms with Crippen LogP contribution < -0.4 is 5.73 Å².